The third kappa shape index (κ3) is 4.01. The van der Waals surface area contributed by atoms with Gasteiger partial charge < -0.3 is 10.5 Å². The van der Waals surface area contributed by atoms with E-state index in [-0.39, 0.29) is 29.4 Å². The molecule has 0 spiro atoms. The lowest BCUT2D eigenvalue weighted by Crippen LogP contribution is -2.27. The van der Waals surface area contributed by atoms with Crippen molar-refractivity contribution in [3.63, 3.8) is 0 Å². The molecule has 1 aliphatic rings. The molecule has 1 fully saturated rings. The number of nitrogens with two attached hydrogens (primary N) is 1. The summed E-state index contributed by atoms with van der Waals surface area (Å²) in [6, 6.07) is 3.43. The van der Waals surface area contributed by atoms with Crippen LogP contribution in [0.15, 0.2) is 18.2 Å². The van der Waals surface area contributed by atoms with Crippen LogP contribution in [-0.4, -0.2) is 13.2 Å². The van der Waals surface area contributed by atoms with Gasteiger partial charge in [0.05, 0.1) is 10.6 Å². The Morgan fingerprint density at radius 2 is 1.85 bits per heavy atom. The molecule has 2 rings (SSSR count). The highest BCUT2D eigenvalue weighted by molar-refractivity contribution is 6.31. The zero-order valence-corrected chi connectivity index (χ0v) is 12.2. The molecule has 20 heavy (non-hydrogen) atoms. The van der Waals surface area contributed by atoms with E-state index >= 15 is 0 Å². The van der Waals surface area contributed by atoms with Crippen molar-refractivity contribution in [3.05, 3.63) is 34.3 Å². The van der Waals surface area contributed by atoms with Crippen molar-refractivity contribution < 1.29 is 17.9 Å². The smallest absolute Gasteiger partial charge is 0.381 e. The summed E-state index contributed by atoms with van der Waals surface area (Å²) in [6.07, 6.45) is -2.79. The third-order valence-electron chi connectivity index (χ3n) is 3.46. The Labute approximate surface area is 126 Å². The number of hydrogen-bond acceptors (Lipinski definition) is 2. The Morgan fingerprint density at radius 1 is 1.25 bits per heavy atom. The van der Waals surface area contributed by atoms with Crippen LogP contribution in [0.3, 0.4) is 0 Å². The van der Waals surface area contributed by atoms with Gasteiger partial charge >= 0.3 is 6.18 Å². The molecule has 1 saturated heterocycles. The van der Waals surface area contributed by atoms with Crippen molar-refractivity contribution >= 4 is 24.0 Å². The summed E-state index contributed by atoms with van der Waals surface area (Å²) >= 11 is 5.70. The van der Waals surface area contributed by atoms with Gasteiger partial charge in [0.25, 0.3) is 0 Å². The maximum Gasteiger partial charge on any atom is 0.417 e. The second-order valence-electron chi connectivity index (χ2n) is 4.71. The van der Waals surface area contributed by atoms with E-state index in [1.165, 1.54) is 12.1 Å². The van der Waals surface area contributed by atoms with Crippen molar-refractivity contribution in [1.82, 2.24) is 0 Å². The minimum Gasteiger partial charge on any atom is -0.381 e. The predicted octanol–water partition coefficient (Wildman–Crippen LogP) is 4.21. The normalized spacial score (nSPS) is 18.4. The van der Waals surface area contributed by atoms with Crippen LogP contribution in [0.1, 0.15) is 30.0 Å². The highest BCUT2D eigenvalue weighted by atomic mass is 35.5. The first-order chi connectivity index (χ1) is 8.89. The van der Waals surface area contributed by atoms with Crippen molar-refractivity contribution in [2.75, 3.05) is 13.2 Å². The molecule has 1 atom stereocenters. The first-order valence-electron chi connectivity index (χ1n) is 6.09. The first kappa shape index (κ1) is 17.6. The minimum absolute atomic E-state index is 0. The average molecular weight is 330 g/mol. The molecule has 1 aromatic carbocycles. The van der Waals surface area contributed by atoms with E-state index in [9.17, 15) is 13.2 Å². The van der Waals surface area contributed by atoms with Gasteiger partial charge in [-0.25, -0.2) is 0 Å². The molecule has 0 bridgehead atoms. The fourth-order valence-corrected chi connectivity index (χ4v) is 2.61. The van der Waals surface area contributed by atoms with Crippen LogP contribution in [0.4, 0.5) is 13.2 Å². The van der Waals surface area contributed by atoms with Crippen LogP contribution in [0.5, 0.6) is 0 Å². The molecular weight excluding hydrogens is 314 g/mol. The number of rotatable bonds is 2. The molecule has 0 aromatic heterocycles. The Balaban J connectivity index is 0.00000200. The molecular formula is C13H16Cl2F3NO. The first-order valence-corrected chi connectivity index (χ1v) is 6.47. The van der Waals surface area contributed by atoms with Crippen LogP contribution < -0.4 is 5.73 Å². The molecule has 0 saturated carbocycles. The zero-order valence-electron chi connectivity index (χ0n) is 10.6. The molecule has 2 nitrogen and oxygen atoms in total. The maximum atomic E-state index is 12.6. The number of hydrogen-bond donors (Lipinski definition) is 1. The second kappa shape index (κ2) is 6.98. The highest BCUT2D eigenvalue weighted by Crippen LogP contribution is 2.37. The Hall–Kier alpha value is -0.490. The van der Waals surface area contributed by atoms with Crippen molar-refractivity contribution in [3.8, 4) is 0 Å². The van der Waals surface area contributed by atoms with Crippen molar-refractivity contribution in [2.45, 2.75) is 25.1 Å². The fraction of sp³-hybridized carbons (Fsp3) is 0.538. The zero-order chi connectivity index (χ0) is 14.0. The van der Waals surface area contributed by atoms with Gasteiger partial charge in [0.15, 0.2) is 0 Å². The Kier molecular flexibility index (Phi) is 6.13. The van der Waals surface area contributed by atoms with E-state index in [0.717, 1.165) is 18.9 Å². The van der Waals surface area contributed by atoms with Gasteiger partial charge in [-0.3, -0.25) is 0 Å². The standard InChI is InChI=1S/C13H15ClF3NO.ClH/c14-11-7-9(1-2-10(11)13(15,16)17)12(18)8-3-5-19-6-4-8;/h1-2,7-8,12H,3-6,18H2;1H/t12-;/m0./s1. The summed E-state index contributed by atoms with van der Waals surface area (Å²) < 4.78 is 43.1. The van der Waals surface area contributed by atoms with Gasteiger partial charge in [-0.2, -0.15) is 13.2 Å². The van der Waals surface area contributed by atoms with Gasteiger partial charge in [-0.15, -0.1) is 12.4 Å². The quantitative estimate of drug-likeness (QED) is 0.882. The molecule has 114 valence electrons. The Bertz CT molecular complexity index is 448. The lowest BCUT2D eigenvalue weighted by atomic mass is 9.87. The molecule has 2 N–H and O–H groups in total. The monoisotopic (exact) mass is 329 g/mol. The second-order valence-corrected chi connectivity index (χ2v) is 5.12. The summed E-state index contributed by atoms with van der Waals surface area (Å²) in [7, 11) is 0. The fourth-order valence-electron chi connectivity index (χ4n) is 2.32. The topological polar surface area (TPSA) is 35.2 Å². The van der Waals surface area contributed by atoms with Gasteiger partial charge in [-0.05, 0) is 36.5 Å². The summed E-state index contributed by atoms with van der Waals surface area (Å²) in [6.45, 7) is 1.29. The summed E-state index contributed by atoms with van der Waals surface area (Å²) in [4.78, 5) is 0. The van der Waals surface area contributed by atoms with E-state index in [4.69, 9.17) is 22.1 Å². The number of benzene rings is 1. The van der Waals surface area contributed by atoms with E-state index in [1.807, 2.05) is 0 Å². The summed E-state index contributed by atoms with van der Waals surface area (Å²) in [5.74, 6) is 0.224. The molecule has 1 heterocycles. The molecule has 0 aliphatic carbocycles. The predicted molar refractivity (Wildman–Crippen MR) is 74.2 cm³/mol. The lowest BCUT2D eigenvalue weighted by molar-refractivity contribution is -0.137. The highest BCUT2D eigenvalue weighted by Gasteiger charge is 2.33. The molecule has 0 amide bonds. The maximum absolute atomic E-state index is 12.6. The summed E-state index contributed by atoms with van der Waals surface area (Å²) in [5.41, 5.74) is 5.92. The van der Waals surface area contributed by atoms with Gasteiger partial charge in [0, 0.05) is 19.3 Å². The third-order valence-corrected chi connectivity index (χ3v) is 3.77. The average Bonchev–Trinajstić information content (AvgIpc) is 2.37. The largest absolute Gasteiger partial charge is 0.417 e. The van der Waals surface area contributed by atoms with Gasteiger partial charge in [0.1, 0.15) is 0 Å². The molecule has 0 unspecified atom stereocenters. The Morgan fingerprint density at radius 3 is 2.35 bits per heavy atom. The van der Waals surface area contributed by atoms with Crippen LogP contribution in [0.25, 0.3) is 0 Å². The van der Waals surface area contributed by atoms with E-state index in [1.54, 1.807) is 0 Å². The van der Waals surface area contributed by atoms with Crippen LogP contribution in [0.2, 0.25) is 5.02 Å². The van der Waals surface area contributed by atoms with Gasteiger partial charge in [-0.1, -0.05) is 17.7 Å². The van der Waals surface area contributed by atoms with Gasteiger partial charge in [0.2, 0.25) is 0 Å². The van der Waals surface area contributed by atoms with E-state index in [2.05, 4.69) is 0 Å². The molecule has 1 aliphatic heterocycles. The van der Waals surface area contributed by atoms with Crippen molar-refractivity contribution in [1.29, 1.82) is 0 Å². The van der Waals surface area contributed by atoms with Crippen LogP contribution in [0, 0.1) is 5.92 Å². The minimum atomic E-state index is -4.43. The number of ether oxygens (including phenoxy) is 1. The van der Waals surface area contributed by atoms with Crippen LogP contribution in [-0.2, 0) is 10.9 Å². The number of halogens is 5. The van der Waals surface area contributed by atoms with E-state index < -0.39 is 11.7 Å². The molecule has 7 heteroatoms. The molecule has 0 radical (unpaired) electrons. The van der Waals surface area contributed by atoms with Crippen molar-refractivity contribution in [2.24, 2.45) is 11.7 Å². The molecule has 1 aromatic rings. The lowest BCUT2D eigenvalue weighted by Gasteiger charge is -2.28. The SMILES string of the molecule is Cl.N[C@H](c1ccc(C(F)(F)F)c(Cl)c1)C1CCOCC1. The van der Waals surface area contributed by atoms with E-state index in [0.29, 0.717) is 18.8 Å². The van der Waals surface area contributed by atoms with Crippen LogP contribution >= 0.6 is 24.0 Å². The summed E-state index contributed by atoms with van der Waals surface area (Å²) in [5, 5.41) is -0.299. The number of alkyl halides is 3.